The number of halogens is 1. The van der Waals surface area contributed by atoms with Crippen LogP contribution in [0.1, 0.15) is 40.9 Å². The molecule has 0 radical (unpaired) electrons. The van der Waals surface area contributed by atoms with E-state index in [4.69, 9.17) is 9.47 Å². The molecule has 2 aliphatic rings. The Kier molecular flexibility index (Phi) is 4.14. The number of fused-ring (bicyclic) bond motifs is 4. The van der Waals surface area contributed by atoms with Gasteiger partial charge in [0.15, 0.2) is 5.72 Å². The maximum Gasteiger partial charge on any atom is 0.337 e. The zero-order valence-electron chi connectivity index (χ0n) is 15.2. The van der Waals surface area contributed by atoms with Crippen molar-refractivity contribution in [3.05, 3.63) is 57.6 Å². The summed E-state index contributed by atoms with van der Waals surface area (Å²) in [6, 6.07) is 10.5. The summed E-state index contributed by atoms with van der Waals surface area (Å²) in [5.41, 5.74) is 2.19. The average molecular weight is 431 g/mol. The molecule has 2 heterocycles. The van der Waals surface area contributed by atoms with Crippen LogP contribution in [0.25, 0.3) is 0 Å². The third-order valence-electron chi connectivity index (χ3n) is 5.09. The van der Waals surface area contributed by atoms with Gasteiger partial charge in [-0.15, -0.1) is 0 Å². The highest BCUT2D eigenvalue weighted by Gasteiger charge is 2.50. The Morgan fingerprint density at radius 2 is 2.11 bits per heavy atom. The van der Waals surface area contributed by atoms with Crippen LogP contribution in [0.3, 0.4) is 0 Å². The van der Waals surface area contributed by atoms with E-state index in [9.17, 15) is 9.59 Å². The number of hydrogen-bond acceptors (Lipinski definition) is 4. The third-order valence-corrected chi connectivity index (χ3v) is 5.98. The lowest BCUT2D eigenvalue weighted by Gasteiger charge is -2.50. The number of hydrogen-bond donors (Lipinski definition) is 1. The van der Waals surface area contributed by atoms with Crippen LogP contribution in [0.15, 0.2) is 40.9 Å². The number of nitrogens with one attached hydrogen (secondary N) is 1. The number of amides is 2. The second-order valence-corrected chi connectivity index (χ2v) is 7.85. The van der Waals surface area contributed by atoms with Gasteiger partial charge in [-0.25, -0.2) is 9.59 Å². The molecule has 6 nitrogen and oxygen atoms in total. The molecule has 0 spiro atoms. The number of urea groups is 1. The lowest BCUT2D eigenvalue weighted by Crippen LogP contribution is -2.65. The summed E-state index contributed by atoms with van der Waals surface area (Å²) in [4.78, 5) is 26.4. The molecule has 0 aromatic heterocycles. The van der Waals surface area contributed by atoms with Crippen LogP contribution in [0.5, 0.6) is 5.75 Å². The first-order valence-corrected chi connectivity index (χ1v) is 9.40. The van der Waals surface area contributed by atoms with Crippen molar-refractivity contribution >= 4 is 33.6 Å². The summed E-state index contributed by atoms with van der Waals surface area (Å²) in [5.74, 6) is 0.237. The van der Waals surface area contributed by atoms with Gasteiger partial charge in [0.05, 0.1) is 18.7 Å². The number of aryl methyl sites for hydroxylation is 1. The topological polar surface area (TPSA) is 67.9 Å². The highest BCUT2D eigenvalue weighted by molar-refractivity contribution is 9.10. The standard InChI is InChI=1S/C20H19BrN2O4/c1-11-8-13(5-6-15(11)21)23-19(25)22-16-10-20(23,2)27-17-7-4-12(9-14(16)17)18(24)26-3/h4-9,16H,10H2,1-3H3,(H,22,25)/t16-,20-/m0/s1. The molecule has 1 N–H and O–H groups in total. The van der Waals surface area contributed by atoms with Crippen LogP contribution in [0, 0.1) is 6.92 Å². The van der Waals surface area contributed by atoms with Gasteiger partial charge in [0, 0.05) is 22.1 Å². The van der Waals surface area contributed by atoms with Gasteiger partial charge >= 0.3 is 12.0 Å². The van der Waals surface area contributed by atoms with E-state index in [1.807, 2.05) is 32.0 Å². The summed E-state index contributed by atoms with van der Waals surface area (Å²) < 4.78 is 12.0. The molecule has 0 aliphatic carbocycles. The van der Waals surface area contributed by atoms with Gasteiger partial charge in [-0.05, 0) is 55.8 Å². The van der Waals surface area contributed by atoms with Crippen molar-refractivity contribution in [1.29, 1.82) is 0 Å². The lowest BCUT2D eigenvalue weighted by atomic mass is 9.89. The van der Waals surface area contributed by atoms with E-state index in [1.54, 1.807) is 23.1 Å². The predicted octanol–water partition coefficient (Wildman–Crippen LogP) is 4.31. The Labute approximate surface area is 165 Å². The van der Waals surface area contributed by atoms with Crippen molar-refractivity contribution in [2.45, 2.75) is 32.0 Å². The molecule has 140 valence electrons. The highest BCUT2D eigenvalue weighted by atomic mass is 79.9. The number of esters is 1. The molecule has 0 saturated carbocycles. The first kappa shape index (κ1) is 17.9. The number of nitrogens with zero attached hydrogens (tertiary/aromatic N) is 1. The molecule has 2 aromatic carbocycles. The smallest absolute Gasteiger partial charge is 0.337 e. The van der Waals surface area contributed by atoms with Crippen LogP contribution in [-0.4, -0.2) is 24.8 Å². The number of benzene rings is 2. The Bertz CT molecular complexity index is 961. The molecule has 0 unspecified atom stereocenters. The predicted molar refractivity (Wildman–Crippen MR) is 104 cm³/mol. The fraction of sp³-hybridized carbons (Fsp3) is 0.300. The van der Waals surface area contributed by atoms with Gasteiger partial charge in [-0.3, -0.25) is 4.90 Å². The Morgan fingerprint density at radius 1 is 1.33 bits per heavy atom. The van der Waals surface area contributed by atoms with Crippen LogP contribution in [0.2, 0.25) is 0 Å². The molecule has 1 saturated heterocycles. The Balaban J connectivity index is 1.76. The Morgan fingerprint density at radius 3 is 2.81 bits per heavy atom. The van der Waals surface area contributed by atoms with Crippen molar-refractivity contribution in [2.75, 3.05) is 12.0 Å². The van der Waals surface area contributed by atoms with E-state index in [2.05, 4.69) is 21.2 Å². The summed E-state index contributed by atoms with van der Waals surface area (Å²) in [6.45, 7) is 3.89. The zero-order chi connectivity index (χ0) is 19.3. The van der Waals surface area contributed by atoms with Crippen molar-refractivity contribution in [3.63, 3.8) is 0 Å². The van der Waals surface area contributed by atoms with E-state index >= 15 is 0 Å². The maximum absolute atomic E-state index is 12.9. The summed E-state index contributed by atoms with van der Waals surface area (Å²) in [6.07, 6.45) is 0.561. The molecule has 2 aromatic rings. The lowest BCUT2D eigenvalue weighted by molar-refractivity contribution is 0.0377. The molecule has 4 rings (SSSR count). The van der Waals surface area contributed by atoms with E-state index in [0.717, 1.165) is 21.3 Å². The van der Waals surface area contributed by atoms with E-state index in [-0.39, 0.29) is 12.1 Å². The molecule has 7 heteroatoms. The minimum absolute atomic E-state index is 0.232. The van der Waals surface area contributed by atoms with Crippen LogP contribution >= 0.6 is 15.9 Å². The van der Waals surface area contributed by atoms with Gasteiger partial charge in [-0.2, -0.15) is 0 Å². The first-order valence-electron chi connectivity index (χ1n) is 8.60. The van der Waals surface area contributed by atoms with Crippen LogP contribution in [0.4, 0.5) is 10.5 Å². The SMILES string of the molecule is COC(=O)c1ccc2c(c1)[C@@H]1C[C@](C)(O2)N(c2ccc(Br)c(C)c2)C(=O)N1. The van der Waals surface area contributed by atoms with Gasteiger partial charge in [-0.1, -0.05) is 15.9 Å². The van der Waals surface area contributed by atoms with Crippen molar-refractivity contribution in [2.24, 2.45) is 0 Å². The number of carbonyl (C=O) groups is 2. The number of ether oxygens (including phenoxy) is 2. The number of rotatable bonds is 2. The largest absolute Gasteiger partial charge is 0.467 e. The highest BCUT2D eigenvalue weighted by Crippen LogP contribution is 2.46. The summed E-state index contributed by atoms with van der Waals surface area (Å²) in [7, 11) is 1.34. The average Bonchev–Trinajstić information content (AvgIpc) is 2.63. The van der Waals surface area contributed by atoms with Crippen LogP contribution < -0.4 is 15.0 Å². The fourth-order valence-electron chi connectivity index (χ4n) is 3.78. The third kappa shape index (κ3) is 2.86. The summed E-state index contributed by atoms with van der Waals surface area (Å²) in [5, 5.41) is 3.04. The molecule has 1 fully saturated rings. The minimum atomic E-state index is -0.826. The van der Waals surface area contributed by atoms with Gasteiger partial charge < -0.3 is 14.8 Å². The molecule has 2 amide bonds. The normalized spacial score (nSPS) is 23.2. The number of methoxy groups -OCH3 is 1. The van der Waals surface area contributed by atoms with Crippen molar-refractivity contribution in [1.82, 2.24) is 5.32 Å². The molecule has 2 bridgehead atoms. The number of anilines is 1. The van der Waals surface area contributed by atoms with E-state index in [0.29, 0.717) is 17.7 Å². The fourth-order valence-corrected chi connectivity index (χ4v) is 4.02. The quantitative estimate of drug-likeness (QED) is 0.720. The van der Waals surface area contributed by atoms with E-state index < -0.39 is 11.7 Å². The molecule has 2 aliphatic heterocycles. The van der Waals surface area contributed by atoms with Crippen LogP contribution in [-0.2, 0) is 4.74 Å². The van der Waals surface area contributed by atoms with Crippen molar-refractivity contribution in [3.8, 4) is 5.75 Å². The maximum atomic E-state index is 12.9. The molecular weight excluding hydrogens is 412 g/mol. The molecular formula is C20H19BrN2O4. The summed E-state index contributed by atoms with van der Waals surface area (Å²) >= 11 is 3.49. The molecule has 2 atom stereocenters. The zero-order valence-corrected chi connectivity index (χ0v) is 16.8. The number of carbonyl (C=O) groups excluding carboxylic acids is 2. The van der Waals surface area contributed by atoms with Gasteiger partial charge in [0.25, 0.3) is 0 Å². The second kappa shape index (κ2) is 6.27. The van der Waals surface area contributed by atoms with E-state index in [1.165, 1.54) is 7.11 Å². The Hall–Kier alpha value is -2.54. The van der Waals surface area contributed by atoms with Crippen molar-refractivity contribution < 1.29 is 19.1 Å². The second-order valence-electron chi connectivity index (χ2n) is 7.00. The van der Waals surface area contributed by atoms with Gasteiger partial charge in [0.1, 0.15) is 5.75 Å². The minimum Gasteiger partial charge on any atom is -0.467 e. The van der Waals surface area contributed by atoms with Gasteiger partial charge in [0.2, 0.25) is 0 Å². The first-order chi connectivity index (χ1) is 12.8. The molecule has 27 heavy (non-hydrogen) atoms. The monoisotopic (exact) mass is 430 g/mol.